The largest absolute Gasteiger partial charge is 0.467 e. The molecule has 20 heavy (non-hydrogen) atoms. The number of rotatable bonds is 7. The van der Waals surface area contributed by atoms with Gasteiger partial charge in [-0.25, -0.2) is 4.79 Å². The number of nitrogens with one attached hydrogen (secondary N) is 1. The highest BCUT2D eigenvalue weighted by molar-refractivity contribution is 5.85. The van der Waals surface area contributed by atoms with Crippen LogP contribution in [0.15, 0.2) is 30.3 Å². The van der Waals surface area contributed by atoms with Crippen molar-refractivity contribution in [2.24, 2.45) is 5.92 Å². The van der Waals surface area contributed by atoms with Gasteiger partial charge >= 0.3 is 5.97 Å². The quantitative estimate of drug-likeness (QED) is 0.771. The van der Waals surface area contributed by atoms with Gasteiger partial charge in [0.15, 0.2) is 6.04 Å². The van der Waals surface area contributed by atoms with Crippen molar-refractivity contribution in [3.8, 4) is 0 Å². The van der Waals surface area contributed by atoms with E-state index in [4.69, 9.17) is 9.47 Å². The standard InChI is InChI=1S/C15H21NO4/c1-11(10-19-2)9-13(17)16-14(15(18)20-3)12-7-5-4-6-8-12/h4-8,11,14H,9-10H2,1-3H3,(H,16,17). The molecule has 0 aromatic heterocycles. The normalized spacial score (nSPS) is 13.3. The second-order valence-corrected chi connectivity index (χ2v) is 4.70. The Morgan fingerprint density at radius 2 is 1.85 bits per heavy atom. The molecule has 2 atom stereocenters. The van der Waals surface area contributed by atoms with E-state index in [0.29, 0.717) is 18.6 Å². The highest BCUT2D eigenvalue weighted by Gasteiger charge is 2.23. The summed E-state index contributed by atoms with van der Waals surface area (Å²) in [5.74, 6) is -0.591. The monoisotopic (exact) mass is 279 g/mol. The van der Waals surface area contributed by atoms with E-state index in [9.17, 15) is 9.59 Å². The van der Waals surface area contributed by atoms with Crippen LogP contribution in [0.5, 0.6) is 0 Å². The van der Waals surface area contributed by atoms with Gasteiger partial charge in [0.2, 0.25) is 5.91 Å². The first-order valence-electron chi connectivity index (χ1n) is 6.49. The van der Waals surface area contributed by atoms with Gasteiger partial charge in [-0.1, -0.05) is 37.3 Å². The average molecular weight is 279 g/mol. The average Bonchev–Trinajstić information content (AvgIpc) is 2.45. The minimum atomic E-state index is -0.775. The number of benzene rings is 1. The first-order valence-corrected chi connectivity index (χ1v) is 6.49. The van der Waals surface area contributed by atoms with Crippen LogP contribution in [0.4, 0.5) is 0 Å². The summed E-state index contributed by atoms with van der Waals surface area (Å²) < 4.78 is 9.73. The molecular formula is C15H21NO4. The SMILES string of the molecule is COCC(C)CC(=O)NC(C(=O)OC)c1ccccc1. The summed E-state index contributed by atoms with van der Waals surface area (Å²) in [5.41, 5.74) is 0.701. The number of esters is 1. The van der Waals surface area contributed by atoms with Gasteiger partial charge in [0, 0.05) is 20.1 Å². The summed E-state index contributed by atoms with van der Waals surface area (Å²) >= 11 is 0. The van der Waals surface area contributed by atoms with E-state index < -0.39 is 12.0 Å². The van der Waals surface area contributed by atoms with Crippen LogP contribution in [-0.4, -0.2) is 32.7 Å². The highest BCUT2D eigenvalue weighted by atomic mass is 16.5. The van der Waals surface area contributed by atoms with Crippen LogP contribution in [0, 0.1) is 5.92 Å². The summed E-state index contributed by atoms with van der Waals surface area (Å²) in [7, 11) is 2.90. The number of hydrogen-bond donors (Lipinski definition) is 1. The van der Waals surface area contributed by atoms with Crippen LogP contribution in [0.3, 0.4) is 0 Å². The van der Waals surface area contributed by atoms with Crippen molar-refractivity contribution in [1.82, 2.24) is 5.32 Å². The van der Waals surface area contributed by atoms with Crippen molar-refractivity contribution in [1.29, 1.82) is 0 Å². The van der Waals surface area contributed by atoms with Crippen molar-refractivity contribution in [3.63, 3.8) is 0 Å². The highest BCUT2D eigenvalue weighted by Crippen LogP contribution is 2.15. The van der Waals surface area contributed by atoms with E-state index in [1.807, 2.05) is 25.1 Å². The lowest BCUT2D eigenvalue weighted by atomic mass is 10.1. The van der Waals surface area contributed by atoms with Crippen molar-refractivity contribution < 1.29 is 19.1 Å². The minimum Gasteiger partial charge on any atom is -0.467 e. The van der Waals surface area contributed by atoms with Crippen molar-refractivity contribution >= 4 is 11.9 Å². The Labute approximate surface area is 119 Å². The summed E-state index contributed by atoms with van der Waals surface area (Å²) in [6.45, 7) is 2.42. The Kier molecular flexibility index (Phi) is 6.73. The third-order valence-electron chi connectivity index (χ3n) is 2.86. The van der Waals surface area contributed by atoms with Crippen molar-refractivity contribution in [3.05, 3.63) is 35.9 Å². The fourth-order valence-electron chi connectivity index (χ4n) is 1.92. The first-order chi connectivity index (χ1) is 9.58. The molecule has 0 radical (unpaired) electrons. The molecule has 5 nitrogen and oxygen atoms in total. The second kappa shape index (κ2) is 8.32. The third-order valence-corrected chi connectivity index (χ3v) is 2.86. The van der Waals surface area contributed by atoms with Gasteiger partial charge in [-0.05, 0) is 11.5 Å². The van der Waals surface area contributed by atoms with E-state index in [0.717, 1.165) is 0 Å². The lowest BCUT2D eigenvalue weighted by molar-refractivity contribution is -0.145. The number of ether oxygens (including phenoxy) is 2. The molecular weight excluding hydrogens is 258 g/mol. The van der Waals surface area contributed by atoms with E-state index in [-0.39, 0.29) is 11.8 Å². The predicted octanol–water partition coefficient (Wildman–Crippen LogP) is 1.69. The fourth-order valence-corrected chi connectivity index (χ4v) is 1.92. The third kappa shape index (κ3) is 5.01. The maximum Gasteiger partial charge on any atom is 0.333 e. The van der Waals surface area contributed by atoms with Crippen LogP contribution in [0.25, 0.3) is 0 Å². The Bertz CT molecular complexity index is 433. The van der Waals surface area contributed by atoms with Crippen LogP contribution in [0.1, 0.15) is 24.9 Å². The summed E-state index contributed by atoms with van der Waals surface area (Å²) in [6, 6.07) is 8.25. The molecule has 0 fully saturated rings. The van der Waals surface area contributed by atoms with Crippen molar-refractivity contribution in [2.75, 3.05) is 20.8 Å². The summed E-state index contributed by atoms with van der Waals surface area (Å²) in [4.78, 5) is 23.8. The Morgan fingerprint density at radius 3 is 2.40 bits per heavy atom. The van der Waals surface area contributed by atoms with Gasteiger partial charge in [-0.2, -0.15) is 0 Å². The molecule has 0 heterocycles. The van der Waals surface area contributed by atoms with Crippen LogP contribution in [0.2, 0.25) is 0 Å². The molecule has 1 N–H and O–H groups in total. The van der Waals surface area contributed by atoms with Crippen molar-refractivity contribution in [2.45, 2.75) is 19.4 Å². The molecule has 1 amide bonds. The van der Waals surface area contributed by atoms with E-state index in [2.05, 4.69) is 5.32 Å². The Morgan fingerprint density at radius 1 is 1.20 bits per heavy atom. The number of carbonyl (C=O) groups is 2. The minimum absolute atomic E-state index is 0.0917. The molecule has 2 unspecified atom stereocenters. The molecule has 1 rings (SSSR count). The number of carbonyl (C=O) groups excluding carboxylic acids is 2. The first kappa shape index (κ1) is 16.2. The molecule has 0 aliphatic rings. The zero-order valence-corrected chi connectivity index (χ0v) is 12.1. The molecule has 0 bridgehead atoms. The van der Waals surface area contributed by atoms with Gasteiger partial charge in [0.05, 0.1) is 7.11 Å². The summed E-state index contributed by atoms with van der Waals surface area (Å²) in [5, 5.41) is 2.70. The lowest BCUT2D eigenvalue weighted by Crippen LogP contribution is -2.35. The zero-order valence-electron chi connectivity index (χ0n) is 12.1. The predicted molar refractivity (Wildman–Crippen MR) is 75.0 cm³/mol. The zero-order chi connectivity index (χ0) is 15.0. The number of hydrogen-bond acceptors (Lipinski definition) is 4. The van der Waals surface area contributed by atoms with Gasteiger partial charge in [0.1, 0.15) is 0 Å². The topological polar surface area (TPSA) is 64.6 Å². The Hall–Kier alpha value is -1.88. The lowest BCUT2D eigenvalue weighted by Gasteiger charge is -2.18. The van der Waals surface area contributed by atoms with Gasteiger partial charge < -0.3 is 14.8 Å². The van der Waals surface area contributed by atoms with E-state index >= 15 is 0 Å². The van der Waals surface area contributed by atoms with Crippen LogP contribution >= 0.6 is 0 Å². The smallest absolute Gasteiger partial charge is 0.333 e. The molecule has 110 valence electrons. The van der Waals surface area contributed by atoms with Gasteiger partial charge in [-0.3, -0.25) is 4.79 Å². The maximum atomic E-state index is 12.0. The number of amides is 1. The second-order valence-electron chi connectivity index (χ2n) is 4.70. The maximum absolute atomic E-state index is 12.0. The van der Waals surface area contributed by atoms with E-state index in [1.54, 1.807) is 19.2 Å². The van der Waals surface area contributed by atoms with Gasteiger partial charge in [-0.15, -0.1) is 0 Å². The molecule has 1 aromatic rings. The van der Waals surface area contributed by atoms with Gasteiger partial charge in [0.25, 0.3) is 0 Å². The number of methoxy groups -OCH3 is 2. The summed E-state index contributed by atoms with van der Waals surface area (Å²) in [6.07, 6.45) is 0.300. The Balaban J connectivity index is 2.71. The van der Waals surface area contributed by atoms with Crippen LogP contribution in [-0.2, 0) is 19.1 Å². The fraction of sp³-hybridized carbons (Fsp3) is 0.467. The molecule has 0 aliphatic heterocycles. The molecule has 0 saturated carbocycles. The molecule has 0 spiro atoms. The molecule has 5 heteroatoms. The molecule has 1 aromatic carbocycles. The molecule has 0 aliphatic carbocycles. The van der Waals surface area contributed by atoms with E-state index in [1.165, 1.54) is 7.11 Å². The van der Waals surface area contributed by atoms with Crippen LogP contribution < -0.4 is 5.32 Å². The molecule has 0 saturated heterocycles.